The summed E-state index contributed by atoms with van der Waals surface area (Å²) in [6, 6.07) is 14.2. The molecule has 0 aromatic heterocycles. The van der Waals surface area contributed by atoms with E-state index in [4.69, 9.17) is 9.47 Å². The number of rotatable bonds is 6. The number of hydrogen-bond acceptors (Lipinski definition) is 5. The molecule has 3 rings (SSSR count). The number of aryl methyl sites for hydroxylation is 1. The Morgan fingerprint density at radius 1 is 1.14 bits per heavy atom. The maximum atomic E-state index is 12.7. The Labute approximate surface area is 169 Å². The van der Waals surface area contributed by atoms with E-state index in [1.807, 2.05) is 31.2 Å². The molecule has 152 valence electrons. The fourth-order valence-corrected chi connectivity index (χ4v) is 3.14. The largest absolute Gasteiger partial charge is 0.493 e. The van der Waals surface area contributed by atoms with E-state index in [2.05, 4.69) is 5.32 Å². The van der Waals surface area contributed by atoms with E-state index in [1.165, 1.54) is 4.90 Å². The molecular formula is C22H24N2O5. The van der Waals surface area contributed by atoms with Crippen molar-refractivity contribution >= 4 is 29.2 Å². The second-order valence-electron chi connectivity index (χ2n) is 6.95. The first-order chi connectivity index (χ1) is 13.9. The first-order valence-corrected chi connectivity index (χ1v) is 9.50. The number of carbonyl (C=O) groups is 3. The lowest BCUT2D eigenvalue weighted by Gasteiger charge is -2.27. The van der Waals surface area contributed by atoms with Gasteiger partial charge in [0, 0.05) is 12.5 Å². The highest BCUT2D eigenvalue weighted by Gasteiger charge is 2.30. The average molecular weight is 396 g/mol. The molecule has 0 aliphatic carbocycles. The Morgan fingerprint density at radius 2 is 1.86 bits per heavy atom. The zero-order valence-electron chi connectivity index (χ0n) is 16.5. The van der Waals surface area contributed by atoms with Gasteiger partial charge in [0.2, 0.25) is 5.91 Å². The van der Waals surface area contributed by atoms with E-state index >= 15 is 0 Å². The van der Waals surface area contributed by atoms with Crippen molar-refractivity contribution in [3.05, 3.63) is 54.1 Å². The normalized spacial score (nSPS) is 15.7. The molecule has 7 heteroatoms. The molecule has 0 bridgehead atoms. The molecule has 0 spiro atoms. The number of benzene rings is 2. The number of carbonyl (C=O) groups excluding carboxylic acids is 3. The number of anilines is 2. The summed E-state index contributed by atoms with van der Waals surface area (Å²) < 4.78 is 10.6. The molecule has 0 unspecified atom stereocenters. The predicted molar refractivity (Wildman–Crippen MR) is 109 cm³/mol. The third-order valence-corrected chi connectivity index (χ3v) is 4.58. The van der Waals surface area contributed by atoms with Gasteiger partial charge in [-0.1, -0.05) is 29.8 Å². The summed E-state index contributed by atoms with van der Waals surface area (Å²) in [5, 5.41) is 2.79. The standard InChI is InChI=1S/C22H24N2O5/c1-15-7-9-17(10-8-15)28-12-11-22(27)29-14-21(26)24-16(2)13-20(25)23-18-5-3-4-6-19(18)24/h3-10,16H,11-14H2,1-2H3,(H,23,25)/t16-/m0/s1. The van der Waals surface area contributed by atoms with Crippen LogP contribution in [0.1, 0.15) is 25.3 Å². The van der Waals surface area contributed by atoms with Crippen molar-refractivity contribution in [1.29, 1.82) is 0 Å². The second kappa shape index (κ2) is 9.23. The van der Waals surface area contributed by atoms with Crippen LogP contribution in [-0.2, 0) is 19.1 Å². The minimum Gasteiger partial charge on any atom is -0.493 e. The number of nitrogens with one attached hydrogen (secondary N) is 1. The van der Waals surface area contributed by atoms with Crippen molar-refractivity contribution in [2.45, 2.75) is 32.7 Å². The summed E-state index contributed by atoms with van der Waals surface area (Å²) in [6.07, 6.45) is 0.200. The van der Waals surface area contributed by atoms with Crippen molar-refractivity contribution in [3.63, 3.8) is 0 Å². The lowest BCUT2D eigenvalue weighted by atomic mass is 10.1. The maximum absolute atomic E-state index is 12.7. The van der Waals surface area contributed by atoms with Gasteiger partial charge in [-0.3, -0.25) is 14.4 Å². The highest BCUT2D eigenvalue weighted by Crippen LogP contribution is 2.31. The summed E-state index contributed by atoms with van der Waals surface area (Å²) >= 11 is 0. The second-order valence-corrected chi connectivity index (χ2v) is 6.95. The number of para-hydroxylation sites is 2. The smallest absolute Gasteiger partial charge is 0.309 e. The molecule has 1 heterocycles. The van der Waals surface area contributed by atoms with Crippen molar-refractivity contribution in [2.24, 2.45) is 0 Å². The number of esters is 1. The van der Waals surface area contributed by atoms with Crippen molar-refractivity contribution in [2.75, 3.05) is 23.4 Å². The molecule has 2 amide bonds. The zero-order chi connectivity index (χ0) is 20.8. The molecule has 1 N–H and O–H groups in total. The van der Waals surface area contributed by atoms with Gasteiger partial charge in [0.15, 0.2) is 6.61 Å². The molecule has 7 nitrogen and oxygen atoms in total. The molecule has 0 radical (unpaired) electrons. The highest BCUT2D eigenvalue weighted by molar-refractivity contribution is 6.05. The van der Waals surface area contributed by atoms with E-state index < -0.39 is 12.6 Å². The molecule has 29 heavy (non-hydrogen) atoms. The van der Waals surface area contributed by atoms with E-state index in [1.54, 1.807) is 31.2 Å². The topological polar surface area (TPSA) is 84.9 Å². The molecule has 1 aliphatic rings. The van der Waals surface area contributed by atoms with Crippen LogP contribution < -0.4 is 15.0 Å². The van der Waals surface area contributed by atoms with E-state index in [-0.39, 0.29) is 37.3 Å². The summed E-state index contributed by atoms with van der Waals surface area (Å²) in [5.74, 6) is -0.387. The molecule has 0 fully saturated rings. The number of nitrogens with zero attached hydrogens (tertiary/aromatic N) is 1. The van der Waals surface area contributed by atoms with Gasteiger partial charge in [0.05, 0.1) is 24.4 Å². The van der Waals surface area contributed by atoms with Crippen LogP contribution in [0.5, 0.6) is 5.75 Å². The first kappa shape index (κ1) is 20.4. The van der Waals surface area contributed by atoms with Gasteiger partial charge in [0.1, 0.15) is 5.75 Å². The third-order valence-electron chi connectivity index (χ3n) is 4.58. The molecule has 0 saturated carbocycles. The van der Waals surface area contributed by atoms with E-state index in [0.717, 1.165) is 5.56 Å². The van der Waals surface area contributed by atoms with Crippen LogP contribution in [-0.4, -0.2) is 37.0 Å². The number of amides is 2. The van der Waals surface area contributed by atoms with Gasteiger partial charge in [-0.15, -0.1) is 0 Å². The molecule has 2 aromatic rings. The quantitative estimate of drug-likeness (QED) is 0.759. The van der Waals surface area contributed by atoms with Crippen LogP contribution >= 0.6 is 0 Å². The van der Waals surface area contributed by atoms with Crippen LogP contribution in [0.3, 0.4) is 0 Å². The fourth-order valence-electron chi connectivity index (χ4n) is 3.14. The predicted octanol–water partition coefficient (Wildman–Crippen LogP) is 3.07. The zero-order valence-corrected chi connectivity index (χ0v) is 16.5. The average Bonchev–Trinajstić information content (AvgIpc) is 2.82. The molecule has 0 saturated heterocycles. The van der Waals surface area contributed by atoms with Crippen LogP contribution in [0.15, 0.2) is 48.5 Å². The Balaban J connectivity index is 1.53. The highest BCUT2D eigenvalue weighted by atomic mass is 16.5. The molecular weight excluding hydrogens is 372 g/mol. The van der Waals surface area contributed by atoms with Gasteiger partial charge < -0.3 is 19.7 Å². The van der Waals surface area contributed by atoms with Gasteiger partial charge in [-0.05, 0) is 38.1 Å². The van der Waals surface area contributed by atoms with Gasteiger partial charge in [-0.2, -0.15) is 0 Å². The van der Waals surface area contributed by atoms with Crippen LogP contribution in [0.25, 0.3) is 0 Å². The minimum atomic E-state index is -0.518. The lowest BCUT2D eigenvalue weighted by molar-refractivity contribution is -0.148. The minimum absolute atomic E-state index is 0.0351. The summed E-state index contributed by atoms with van der Waals surface area (Å²) in [7, 11) is 0. The molecule has 1 aliphatic heterocycles. The summed E-state index contributed by atoms with van der Waals surface area (Å²) in [6.45, 7) is 3.54. The van der Waals surface area contributed by atoms with Crippen LogP contribution in [0.2, 0.25) is 0 Å². The Bertz CT molecular complexity index is 894. The summed E-state index contributed by atoms with van der Waals surface area (Å²) in [5.41, 5.74) is 2.28. The molecule has 2 aromatic carbocycles. The van der Waals surface area contributed by atoms with E-state index in [0.29, 0.717) is 17.1 Å². The fraction of sp³-hybridized carbons (Fsp3) is 0.318. The lowest BCUT2D eigenvalue weighted by Crippen LogP contribution is -2.41. The number of ether oxygens (including phenoxy) is 2. The van der Waals surface area contributed by atoms with Crippen LogP contribution in [0.4, 0.5) is 11.4 Å². The SMILES string of the molecule is Cc1ccc(OCCC(=O)OCC(=O)N2c3ccccc3NC(=O)C[C@@H]2C)cc1. The Morgan fingerprint density at radius 3 is 2.62 bits per heavy atom. The van der Waals surface area contributed by atoms with Gasteiger partial charge in [-0.25, -0.2) is 0 Å². The van der Waals surface area contributed by atoms with Crippen molar-refractivity contribution in [3.8, 4) is 5.75 Å². The van der Waals surface area contributed by atoms with Crippen molar-refractivity contribution < 1.29 is 23.9 Å². The Hall–Kier alpha value is -3.35. The summed E-state index contributed by atoms with van der Waals surface area (Å²) in [4.78, 5) is 38.2. The maximum Gasteiger partial charge on any atom is 0.309 e. The Kier molecular flexibility index (Phi) is 6.49. The van der Waals surface area contributed by atoms with E-state index in [9.17, 15) is 14.4 Å². The van der Waals surface area contributed by atoms with Crippen LogP contribution in [0, 0.1) is 6.92 Å². The van der Waals surface area contributed by atoms with Gasteiger partial charge in [0.25, 0.3) is 5.91 Å². The monoisotopic (exact) mass is 396 g/mol. The number of fused-ring (bicyclic) bond motifs is 1. The first-order valence-electron chi connectivity index (χ1n) is 9.50. The molecule has 1 atom stereocenters. The number of hydrogen-bond donors (Lipinski definition) is 1. The van der Waals surface area contributed by atoms with Crippen molar-refractivity contribution in [1.82, 2.24) is 0 Å². The third kappa shape index (κ3) is 5.34. The van der Waals surface area contributed by atoms with Gasteiger partial charge >= 0.3 is 5.97 Å².